The minimum Gasteiger partial charge on any atom is -0.341 e. The molecule has 0 aliphatic heterocycles. The lowest BCUT2D eigenvalue weighted by Crippen LogP contribution is -2.26. The first-order valence-electron chi connectivity index (χ1n) is 7.59. The van der Waals surface area contributed by atoms with Gasteiger partial charge in [0.1, 0.15) is 6.04 Å². The maximum absolute atomic E-state index is 12.3. The van der Waals surface area contributed by atoms with Gasteiger partial charge < -0.3 is 9.84 Å². The topological polar surface area (TPSA) is 111 Å². The lowest BCUT2D eigenvalue weighted by atomic mass is 10.2. The molecule has 1 heterocycles. The van der Waals surface area contributed by atoms with Crippen LogP contribution in [0.15, 0.2) is 53.1 Å². The van der Waals surface area contributed by atoms with Gasteiger partial charge >= 0.3 is 0 Å². The summed E-state index contributed by atoms with van der Waals surface area (Å²) in [6.45, 7) is 1.68. The first-order chi connectivity index (χ1) is 12.4. The summed E-state index contributed by atoms with van der Waals surface area (Å²) in [5, 5.41) is 18.0. The molecule has 0 spiro atoms. The van der Waals surface area contributed by atoms with E-state index in [0.29, 0.717) is 10.8 Å². The van der Waals surface area contributed by atoms with E-state index in [4.69, 9.17) is 16.1 Å². The molecular weight excluding hydrogens is 360 g/mol. The number of benzene rings is 2. The first-order valence-corrected chi connectivity index (χ1v) is 7.96. The Kier molecular flexibility index (Phi) is 4.94. The van der Waals surface area contributed by atoms with Crippen molar-refractivity contribution in [3.63, 3.8) is 0 Å². The number of halogens is 1. The van der Waals surface area contributed by atoms with E-state index in [1.165, 1.54) is 24.3 Å². The van der Waals surface area contributed by atoms with Crippen LogP contribution in [-0.2, 0) is 0 Å². The van der Waals surface area contributed by atoms with Crippen LogP contribution in [0.5, 0.6) is 0 Å². The molecule has 0 aliphatic rings. The van der Waals surface area contributed by atoms with Gasteiger partial charge in [-0.25, -0.2) is 0 Å². The molecule has 8 nitrogen and oxygen atoms in total. The van der Waals surface area contributed by atoms with Crippen LogP contribution in [-0.4, -0.2) is 21.0 Å². The van der Waals surface area contributed by atoms with E-state index in [1.807, 2.05) is 0 Å². The second kappa shape index (κ2) is 7.32. The Morgan fingerprint density at radius 1 is 1.27 bits per heavy atom. The third kappa shape index (κ3) is 3.86. The highest BCUT2D eigenvalue weighted by Crippen LogP contribution is 2.21. The molecule has 0 fully saturated rings. The van der Waals surface area contributed by atoms with Crippen LogP contribution < -0.4 is 5.32 Å². The van der Waals surface area contributed by atoms with Crippen molar-refractivity contribution >= 4 is 23.2 Å². The maximum Gasteiger partial charge on any atom is 0.270 e. The van der Waals surface area contributed by atoms with Crippen LogP contribution in [0, 0.1) is 10.1 Å². The van der Waals surface area contributed by atoms with Crippen molar-refractivity contribution in [2.24, 2.45) is 0 Å². The number of aromatic nitrogens is 2. The molecule has 2 aromatic carbocycles. The van der Waals surface area contributed by atoms with E-state index in [2.05, 4.69) is 15.5 Å². The zero-order chi connectivity index (χ0) is 18.7. The number of nitrogens with one attached hydrogen (secondary N) is 1. The average molecular weight is 373 g/mol. The normalized spacial score (nSPS) is 11.8. The Morgan fingerprint density at radius 3 is 2.69 bits per heavy atom. The molecule has 0 radical (unpaired) electrons. The van der Waals surface area contributed by atoms with Crippen molar-refractivity contribution in [2.45, 2.75) is 13.0 Å². The number of hydrogen-bond acceptors (Lipinski definition) is 6. The maximum atomic E-state index is 12.3. The summed E-state index contributed by atoms with van der Waals surface area (Å²) < 4.78 is 5.19. The van der Waals surface area contributed by atoms with Crippen molar-refractivity contribution < 1.29 is 14.2 Å². The number of nitrogens with zero attached hydrogens (tertiary/aromatic N) is 3. The second-order valence-corrected chi connectivity index (χ2v) is 5.90. The van der Waals surface area contributed by atoms with Crippen LogP contribution in [0.25, 0.3) is 11.4 Å². The van der Waals surface area contributed by atoms with E-state index in [-0.39, 0.29) is 17.1 Å². The van der Waals surface area contributed by atoms with Gasteiger partial charge in [-0.3, -0.25) is 14.9 Å². The summed E-state index contributed by atoms with van der Waals surface area (Å²) in [5.74, 6) is 0.106. The Hall–Kier alpha value is -3.26. The van der Waals surface area contributed by atoms with Crippen molar-refractivity contribution in [3.05, 3.63) is 75.1 Å². The zero-order valence-corrected chi connectivity index (χ0v) is 14.3. The highest BCUT2D eigenvalue weighted by atomic mass is 35.5. The lowest BCUT2D eigenvalue weighted by Gasteiger charge is -2.09. The molecule has 3 rings (SSSR count). The van der Waals surface area contributed by atoms with E-state index in [0.717, 1.165) is 5.56 Å². The smallest absolute Gasteiger partial charge is 0.270 e. The zero-order valence-electron chi connectivity index (χ0n) is 13.5. The second-order valence-electron chi connectivity index (χ2n) is 5.47. The van der Waals surface area contributed by atoms with Gasteiger partial charge in [0.05, 0.1) is 4.92 Å². The first kappa shape index (κ1) is 17.6. The summed E-state index contributed by atoms with van der Waals surface area (Å²) in [6.07, 6.45) is 0. The van der Waals surface area contributed by atoms with Crippen LogP contribution in [0.1, 0.15) is 29.2 Å². The number of amides is 1. The lowest BCUT2D eigenvalue weighted by molar-refractivity contribution is -0.384. The molecule has 0 bridgehead atoms. The van der Waals surface area contributed by atoms with Crippen molar-refractivity contribution in [1.29, 1.82) is 0 Å². The molecule has 132 valence electrons. The molecule has 0 saturated carbocycles. The predicted molar refractivity (Wildman–Crippen MR) is 93.7 cm³/mol. The van der Waals surface area contributed by atoms with Crippen molar-refractivity contribution in [2.75, 3.05) is 0 Å². The largest absolute Gasteiger partial charge is 0.341 e. The predicted octanol–water partition coefficient (Wildman–Crippen LogP) is 3.79. The van der Waals surface area contributed by atoms with Crippen LogP contribution in [0.3, 0.4) is 0 Å². The van der Waals surface area contributed by atoms with Gasteiger partial charge in [0.2, 0.25) is 11.7 Å². The molecule has 1 aromatic heterocycles. The van der Waals surface area contributed by atoms with Crippen LogP contribution in [0.4, 0.5) is 5.69 Å². The fourth-order valence-corrected chi connectivity index (χ4v) is 2.36. The number of carbonyl (C=O) groups excluding carboxylic acids is 1. The third-order valence-corrected chi connectivity index (χ3v) is 3.83. The van der Waals surface area contributed by atoms with Gasteiger partial charge in [-0.2, -0.15) is 4.98 Å². The van der Waals surface area contributed by atoms with Gasteiger partial charge in [0.25, 0.3) is 11.6 Å². The van der Waals surface area contributed by atoms with Crippen molar-refractivity contribution in [1.82, 2.24) is 15.5 Å². The summed E-state index contributed by atoms with van der Waals surface area (Å²) in [6, 6.07) is 11.8. The summed E-state index contributed by atoms with van der Waals surface area (Å²) in [7, 11) is 0. The molecule has 1 N–H and O–H groups in total. The number of hydrogen-bond donors (Lipinski definition) is 1. The SMILES string of the molecule is CC(NC(=O)c1cccc([N+](=O)[O-])c1)c1nc(-c2ccc(Cl)cc2)no1. The summed E-state index contributed by atoms with van der Waals surface area (Å²) >= 11 is 5.85. The average Bonchev–Trinajstić information content (AvgIpc) is 3.12. The molecular formula is C17H13ClN4O4. The Labute approximate surface area is 152 Å². The van der Waals surface area contributed by atoms with E-state index >= 15 is 0 Å². The fourth-order valence-electron chi connectivity index (χ4n) is 2.23. The molecule has 0 aliphatic carbocycles. The Balaban J connectivity index is 1.73. The molecule has 9 heteroatoms. The van der Waals surface area contributed by atoms with Gasteiger partial charge in [-0.05, 0) is 37.3 Å². The standard InChI is InChI=1S/C17H13ClN4O4/c1-10(19-16(23)12-3-2-4-14(9-12)22(24)25)17-20-15(21-26-17)11-5-7-13(18)8-6-11/h2-10H,1H3,(H,19,23). The number of rotatable bonds is 5. The minimum absolute atomic E-state index is 0.159. The number of nitro groups is 1. The molecule has 1 atom stereocenters. The molecule has 1 amide bonds. The van der Waals surface area contributed by atoms with Gasteiger partial charge in [-0.1, -0.05) is 22.8 Å². The third-order valence-electron chi connectivity index (χ3n) is 3.58. The van der Waals surface area contributed by atoms with Crippen molar-refractivity contribution in [3.8, 4) is 11.4 Å². The van der Waals surface area contributed by atoms with Crippen LogP contribution in [0.2, 0.25) is 5.02 Å². The number of carbonyl (C=O) groups is 1. The van der Waals surface area contributed by atoms with Crippen LogP contribution >= 0.6 is 11.6 Å². The highest BCUT2D eigenvalue weighted by molar-refractivity contribution is 6.30. The van der Waals surface area contributed by atoms with Gasteiger partial charge in [-0.15, -0.1) is 0 Å². The van der Waals surface area contributed by atoms with E-state index < -0.39 is 16.9 Å². The monoisotopic (exact) mass is 372 g/mol. The molecule has 26 heavy (non-hydrogen) atoms. The summed E-state index contributed by atoms with van der Waals surface area (Å²) in [4.78, 5) is 26.8. The number of non-ortho nitro benzene ring substituents is 1. The Bertz CT molecular complexity index is 955. The molecule has 0 saturated heterocycles. The van der Waals surface area contributed by atoms with E-state index in [9.17, 15) is 14.9 Å². The fraction of sp³-hybridized carbons (Fsp3) is 0.118. The quantitative estimate of drug-likeness (QED) is 0.538. The Morgan fingerprint density at radius 2 is 2.00 bits per heavy atom. The molecule has 3 aromatic rings. The number of nitro benzene ring substituents is 1. The van der Waals surface area contributed by atoms with Gasteiger partial charge in [0, 0.05) is 28.3 Å². The summed E-state index contributed by atoms with van der Waals surface area (Å²) in [5.41, 5.74) is 0.734. The van der Waals surface area contributed by atoms with Gasteiger partial charge in [0.15, 0.2) is 0 Å². The van der Waals surface area contributed by atoms with E-state index in [1.54, 1.807) is 31.2 Å². The highest BCUT2D eigenvalue weighted by Gasteiger charge is 2.19. The molecule has 1 unspecified atom stereocenters. The minimum atomic E-state index is -0.574.